The summed E-state index contributed by atoms with van der Waals surface area (Å²) in [5.41, 5.74) is 5.07. The van der Waals surface area contributed by atoms with Gasteiger partial charge in [0.2, 0.25) is 0 Å². The van der Waals surface area contributed by atoms with Gasteiger partial charge in [-0.3, -0.25) is 9.59 Å². The van der Waals surface area contributed by atoms with Crippen LogP contribution < -0.4 is 5.73 Å². The van der Waals surface area contributed by atoms with Gasteiger partial charge in [0.05, 0.1) is 6.26 Å². The van der Waals surface area contributed by atoms with Crippen molar-refractivity contribution in [1.82, 2.24) is 0 Å². The Bertz CT molecular complexity index is 321. The second-order valence-corrected chi connectivity index (χ2v) is 4.22. The van der Waals surface area contributed by atoms with E-state index in [1.54, 1.807) is 0 Å². The van der Waals surface area contributed by atoms with Crippen molar-refractivity contribution in [3.05, 3.63) is 0 Å². The van der Waals surface area contributed by atoms with Gasteiger partial charge in [-0.25, -0.2) is 0 Å². The molecule has 0 aromatic rings. The first-order valence-corrected chi connectivity index (χ1v) is 5.44. The predicted molar refractivity (Wildman–Crippen MR) is 45.8 cm³/mol. The van der Waals surface area contributed by atoms with Crippen LogP contribution in [0.5, 0.6) is 0 Å². The summed E-state index contributed by atoms with van der Waals surface area (Å²) >= 11 is 0. The molecule has 14 heavy (non-hydrogen) atoms. The zero-order valence-electron chi connectivity index (χ0n) is 7.47. The van der Waals surface area contributed by atoms with Gasteiger partial charge in [-0.05, 0) is 6.42 Å². The van der Waals surface area contributed by atoms with Crippen molar-refractivity contribution in [2.45, 2.75) is 18.9 Å². The van der Waals surface area contributed by atoms with E-state index in [0.717, 1.165) is 6.26 Å². The molecule has 0 radical (unpaired) electrons. The first kappa shape index (κ1) is 12.8. The highest BCUT2D eigenvalue weighted by Gasteiger charge is 2.16. The van der Waals surface area contributed by atoms with Crippen LogP contribution in [0.2, 0.25) is 0 Å². The maximum absolute atomic E-state index is 10.7. The molecule has 0 unspecified atom stereocenters. The van der Waals surface area contributed by atoms with E-state index in [0.29, 0.717) is 0 Å². The van der Waals surface area contributed by atoms with Crippen molar-refractivity contribution in [1.29, 1.82) is 0 Å². The SMILES string of the molecule is CS(=O)(=O)OC(=O)CC[C@H](N)C(=O)O. The summed E-state index contributed by atoms with van der Waals surface area (Å²) in [7, 11) is -3.83. The van der Waals surface area contributed by atoms with Crippen LogP contribution in [0.15, 0.2) is 0 Å². The van der Waals surface area contributed by atoms with Crippen molar-refractivity contribution in [3.8, 4) is 0 Å². The molecular formula is C6H11NO6S. The molecule has 0 bridgehead atoms. The van der Waals surface area contributed by atoms with E-state index in [9.17, 15) is 18.0 Å². The summed E-state index contributed by atoms with van der Waals surface area (Å²) in [6.07, 6.45) is 0.215. The molecule has 0 aliphatic rings. The van der Waals surface area contributed by atoms with E-state index in [4.69, 9.17) is 10.8 Å². The van der Waals surface area contributed by atoms with Crippen molar-refractivity contribution in [3.63, 3.8) is 0 Å². The molecule has 0 fully saturated rings. The number of aliphatic carboxylic acids is 1. The van der Waals surface area contributed by atoms with Gasteiger partial charge in [-0.2, -0.15) is 8.42 Å². The Balaban J connectivity index is 3.93. The maximum Gasteiger partial charge on any atom is 0.322 e. The molecule has 0 aromatic heterocycles. The molecule has 82 valence electrons. The summed E-state index contributed by atoms with van der Waals surface area (Å²) < 4.78 is 24.8. The third-order valence-corrected chi connectivity index (χ3v) is 1.71. The Morgan fingerprint density at radius 3 is 2.36 bits per heavy atom. The van der Waals surface area contributed by atoms with Crippen LogP contribution in [0.25, 0.3) is 0 Å². The Labute approximate surface area is 81.0 Å². The fourth-order valence-electron chi connectivity index (χ4n) is 0.607. The highest BCUT2D eigenvalue weighted by molar-refractivity contribution is 7.86. The van der Waals surface area contributed by atoms with Gasteiger partial charge in [0, 0.05) is 6.42 Å². The molecule has 1 atom stereocenters. The van der Waals surface area contributed by atoms with Crippen LogP contribution in [0.4, 0.5) is 0 Å². The second-order valence-electron chi connectivity index (χ2n) is 2.64. The fourth-order valence-corrected chi connectivity index (χ4v) is 1.03. The summed E-state index contributed by atoms with van der Waals surface area (Å²) in [6, 6.07) is -1.19. The lowest BCUT2D eigenvalue weighted by molar-refractivity contribution is -0.139. The average molecular weight is 225 g/mol. The Hall–Kier alpha value is -1.15. The van der Waals surface area contributed by atoms with Crippen molar-refractivity contribution < 1.29 is 27.3 Å². The summed E-state index contributed by atoms with van der Waals surface area (Å²) in [5, 5.41) is 8.33. The lowest BCUT2D eigenvalue weighted by Crippen LogP contribution is -2.30. The van der Waals surface area contributed by atoms with Crippen LogP contribution in [0.1, 0.15) is 12.8 Å². The molecule has 8 heteroatoms. The van der Waals surface area contributed by atoms with Crippen LogP contribution in [0.3, 0.4) is 0 Å². The number of carboxylic acids is 1. The zero-order valence-corrected chi connectivity index (χ0v) is 8.28. The fraction of sp³-hybridized carbons (Fsp3) is 0.667. The Kier molecular flexibility index (Phi) is 4.51. The van der Waals surface area contributed by atoms with E-state index < -0.39 is 28.1 Å². The number of hydrogen-bond donors (Lipinski definition) is 2. The first-order valence-electron chi connectivity index (χ1n) is 3.63. The molecule has 0 saturated heterocycles. The highest BCUT2D eigenvalue weighted by atomic mass is 32.2. The van der Waals surface area contributed by atoms with Gasteiger partial charge >= 0.3 is 22.1 Å². The molecule has 0 spiro atoms. The zero-order chi connectivity index (χ0) is 11.4. The Morgan fingerprint density at radius 1 is 1.50 bits per heavy atom. The van der Waals surface area contributed by atoms with Crippen LogP contribution >= 0.6 is 0 Å². The molecule has 0 aliphatic heterocycles. The monoisotopic (exact) mass is 225 g/mol. The number of carbonyl (C=O) groups excluding carboxylic acids is 1. The average Bonchev–Trinajstić information content (AvgIpc) is 1.96. The lowest BCUT2D eigenvalue weighted by atomic mass is 10.2. The molecule has 0 amide bonds. The molecule has 0 saturated carbocycles. The van der Waals surface area contributed by atoms with E-state index in [2.05, 4.69) is 4.18 Å². The smallest absolute Gasteiger partial charge is 0.322 e. The molecule has 7 nitrogen and oxygen atoms in total. The third kappa shape index (κ3) is 6.38. The van der Waals surface area contributed by atoms with Crippen LogP contribution in [-0.2, 0) is 23.9 Å². The number of carbonyl (C=O) groups is 2. The van der Waals surface area contributed by atoms with E-state index >= 15 is 0 Å². The highest BCUT2D eigenvalue weighted by Crippen LogP contribution is 1.99. The van der Waals surface area contributed by atoms with Crippen LogP contribution in [0, 0.1) is 0 Å². The minimum atomic E-state index is -3.83. The molecule has 0 aliphatic carbocycles. The predicted octanol–water partition coefficient (Wildman–Crippen LogP) is -1.32. The van der Waals surface area contributed by atoms with E-state index in [-0.39, 0.29) is 12.8 Å². The van der Waals surface area contributed by atoms with Crippen molar-refractivity contribution >= 4 is 22.1 Å². The first-order chi connectivity index (χ1) is 6.22. The van der Waals surface area contributed by atoms with E-state index in [1.165, 1.54) is 0 Å². The molecule has 0 aromatic carbocycles. The number of rotatable bonds is 5. The second kappa shape index (κ2) is 4.91. The van der Waals surface area contributed by atoms with Gasteiger partial charge in [-0.1, -0.05) is 0 Å². The number of nitrogens with two attached hydrogens (primary N) is 1. The molecule has 0 heterocycles. The third-order valence-electron chi connectivity index (χ3n) is 1.22. The number of hydrogen-bond acceptors (Lipinski definition) is 6. The topological polar surface area (TPSA) is 124 Å². The Morgan fingerprint density at radius 2 is 2.00 bits per heavy atom. The van der Waals surface area contributed by atoms with Crippen molar-refractivity contribution in [2.24, 2.45) is 5.73 Å². The maximum atomic E-state index is 10.7. The van der Waals surface area contributed by atoms with Gasteiger partial charge in [-0.15, -0.1) is 0 Å². The lowest BCUT2D eigenvalue weighted by Gasteiger charge is -2.04. The molecule has 0 rings (SSSR count). The summed E-state index contributed by atoms with van der Waals surface area (Å²) in [5.74, 6) is -2.26. The quantitative estimate of drug-likeness (QED) is 0.556. The minimum Gasteiger partial charge on any atom is -0.480 e. The van der Waals surface area contributed by atoms with Gasteiger partial charge < -0.3 is 15.0 Å². The van der Waals surface area contributed by atoms with Crippen LogP contribution in [-0.4, -0.2) is 37.8 Å². The van der Waals surface area contributed by atoms with Gasteiger partial charge in [0.25, 0.3) is 0 Å². The largest absolute Gasteiger partial charge is 0.480 e. The number of carboxylic acid groups (broad SMARTS) is 1. The summed E-state index contributed by atoms with van der Waals surface area (Å²) in [4.78, 5) is 20.9. The molecule has 3 N–H and O–H groups in total. The van der Waals surface area contributed by atoms with Gasteiger partial charge in [0.1, 0.15) is 6.04 Å². The normalized spacial score (nSPS) is 13.3. The molecular weight excluding hydrogens is 214 g/mol. The standard InChI is InChI=1S/C6H11NO6S/c1-14(11,12)13-5(8)3-2-4(7)6(9)10/h4H,2-3,7H2,1H3,(H,9,10)/t4-/m0/s1. The van der Waals surface area contributed by atoms with Gasteiger partial charge in [0.15, 0.2) is 0 Å². The minimum absolute atomic E-state index is 0.163. The van der Waals surface area contributed by atoms with E-state index in [1.807, 2.05) is 0 Å². The summed E-state index contributed by atoms with van der Waals surface area (Å²) in [6.45, 7) is 0. The van der Waals surface area contributed by atoms with Crippen molar-refractivity contribution in [2.75, 3.05) is 6.26 Å².